The van der Waals surface area contributed by atoms with Gasteiger partial charge >= 0.3 is 0 Å². The van der Waals surface area contributed by atoms with E-state index < -0.39 is 0 Å². The maximum Gasteiger partial charge on any atom is 0.234 e. The molecule has 0 amide bonds. The Morgan fingerprint density at radius 3 is 3.20 bits per heavy atom. The summed E-state index contributed by atoms with van der Waals surface area (Å²) in [7, 11) is 0. The Kier molecular flexibility index (Phi) is 1.14. The quantitative estimate of drug-likeness (QED) is 0.570. The van der Waals surface area contributed by atoms with Gasteiger partial charge in [-0.1, -0.05) is 0 Å². The molecule has 0 aliphatic rings. The van der Waals surface area contributed by atoms with Crippen LogP contribution in [0.3, 0.4) is 0 Å². The maximum atomic E-state index is 4.07. The van der Waals surface area contributed by atoms with Gasteiger partial charge in [0.2, 0.25) is 5.78 Å². The summed E-state index contributed by atoms with van der Waals surface area (Å²) in [5.74, 6) is 0.688. The molecule has 0 aliphatic heterocycles. The van der Waals surface area contributed by atoms with Gasteiger partial charge in [-0.3, -0.25) is 4.40 Å². The van der Waals surface area contributed by atoms with Crippen molar-refractivity contribution in [3.8, 4) is 0 Å². The Hall–Kier alpha value is -1.03. The second-order valence-electron chi connectivity index (χ2n) is 1.93. The number of nitrogens with zero attached hydrogens (tertiary/aromatic N) is 3. The average molecular weight is 151 g/mol. The molecule has 0 saturated heterocycles. The van der Waals surface area contributed by atoms with Crippen LogP contribution in [0.15, 0.2) is 29.7 Å². The summed E-state index contributed by atoms with van der Waals surface area (Å²) in [6.45, 7) is 0. The van der Waals surface area contributed by atoms with Crippen molar-refractivity contribution >= 4 is 18.4 Å². The molecule has 0 fully saturated rings. The number of hydrogen-bond acceptors (Lipinski definition) is 3. The molecule has 0 N–H and O–H groups in total. The molecule has 0 atom stereocenters. The Labute approximate surface area is 63.1 Å². The largest absolute Gasteiger partial charge is 0.290 e. The van der Waals surface area contributed by atoms with Gasteiger partial charge in [0.25, 0.3) is 0 Å². The van der Waals surface area contributed by atoms with E-state index in [-0.39, 0.29) is 0 Å². The molecule has 0 radical (unpaired) electrons. The summed E-state index contributed by atoms with van der Waals surface area (Å²) in [4.78, 5) is 8.03. The number of thiol groups is 1. The van der Waals surface area contributed by atoms with Crippen LogP contribution in [0.4, 0.5) is 0 Å². The van der Waals surface area contributed by atoms with E-state index in [1.165, 1.54) is 0 Å². The Morgan fingerprint density at radius 1 is 1.50 bits per heavy atom. The summed E-state index contributed by atoms with van der Waals surface area (Å²) >= 11 is 4.07. The van der Waals surface area contributed by atoms with Gasteiger partial charge in [0.15, 0.2) is 0 Å². The first-order valence-corrected chi connectivity index (χ1v) is 3.30. The topological polar surface area (TPSA) is 30.2 Å². The van der Waals surface area contributed by atoms with Crippen LogP contribution in [0.25, 0.3) is 5.78 Å². The smallest absolute Gasteiger partial charge is 0.234 e. The third-order valence-electron chi connectivity index (χ3n) is 1.22. The van der Waals surface area contributed by atoms with Gasteiger partial charge in [-0.2, -0.15) is 0 Å². The zero-order chi connectivity index (χ0) is 6.97. The molecular formula is C6H5N3S. The van der Waals surface area contributed by atoms with Gasteiger partial charge < -0.3 is 0 Å². The van der Waals surface area contributed by atoms with E-state index in [1.807, 2.05) is 22.9 Å². The summed E-state index contributed by atoms with van der Waals surface area (Å²) in [5, 5.41) is 0.693. The molecule has 0 spiro atoms. The molecule has 0 bridgehead atoms. The summed E-state index contributed by atoms with van der Waals surface area (Å²) in [6, 6.07) is 1.85. The molecule has 2 heterocycles. The van der Waals surface area contributed by atoms with Crippen molar-refractivity contribution in [3.63, 3.8) is 0 Å². The first-order chi connectivity index (χ1) is 4.86. The predicted octanol–water partition coefficient (Wildman–Crippen LogP) is 1.02. The molecule has 0 aliphatic carbocycles. The van der Waals surface area contributed by atoms with Crippen LogP contribution in [0.1, 0.15) is 0 Å². The van der Waals surface area contributed by atoms with Gasteiger partial charge in [-0.25, -0.2) is 9.97 Å². The van der Waals surface area contributed by atoms with E-state index in [0.717, 1.165) is 0 Å². The number of aromatic nitrogens is 3. The first-order valence-electron chi connectivity index (χ1n) is 2.85. The van der Waals surface area contributed by atoms with Crippen LogP contribution < -0.4 is 0 Å². The summed E-state index contributed by atoms with van der Waals surface area (Å²) in [5.41, 5.74) is 0. The minimum atomic E-state index is 0.688. The Bertz CT molecular complexity index is 322. The summed E-state index contributed by atoms with van der Waals surface area (Å²) in [6.07, 6.45) is 5.40. The van der Waals surface area contributed by atoms with Gasteiger partial charge in [-0.15, -0.1) is 12.6 Å². The molecule has 2 aromatic heterocycles. The van der Waals surface area contributed by atoms with E-state index in [1.54, 1.807) is 6.20 Å². The summed E-state index contributed by atoms with van der Waals surface area (Å²) < 4.78 is 1.82. The van der Waals surface area contributed by atoms with E-state index in [2.05, 4.69) is 22.6 Å². The van der Waals surface area contributed by atoms with E-state index in [0.29, 0.717) is 10.8 Å². The fourth-order valence-electron chi connectivity index (χ4n) is 0.817. The Morgan fingerprint density at radius 2 is 2.40 bits per heavy atom. The predicted molar refractivity (Wildman–Crippen MR) is 40.2 cm³/mol. The molecule has 10 heavy (non-hydrogen) atoms. The molecule has 0 saturated carbocycles. The molecule has 2 rings (SSSR count). The maximum absolute atomic E-state index is 4.07. The van der Waals surface area contributed by atoms with E-state index >= 15 is 0 Å². The molecule has 4 heteroatoms. The minimum absolute atomic E-state index is 0.688. The third kappa shape index (κ3) is 0.769. The number of fused-ring (bicyclic) bond motifs is 1. The normalized spacial score (nSPS) is 10.5. The fourth-order valence-corrected chi connectivity index (χ4v) is 1.03. The van der Waals surface area contributed by atoms with Crippen molar-refractivity contribution in [2.24, 2.45) is 0 Å². The fraction of sp³-hybridized carbons (Fsp3) is 0. The van der Waals surface area contributed by atoms with Crippen LogP contribution in [0, 0.1) is 0 Å². The molecular weight excluding hydrogens is 146 g/mol. The van der Waals surface area contributed by atoms with Crippen LogP contribution in [0.2, 0.25) is 0 Å². The minimum Gasteiger partial charge on any atom is -0.290 e. The SMILES string of the molecule is Sc1cn2cccnc2n1. The van der Waals surface area contributed by atoms with Crippen molar-refractivity contribution in [2.75, 3.05) is 0 Å². The van der Waals surface area contributed by atoms with Crippen LogP contribution in [-0.2, 0) is 0 Å². The van der Waals surface area contributed by atoms with Crippen LogP contribution >= 0.6 is 12.6 Å². The average Bonchev–Trinajstić information content (AvgIpc) is 2.27. The van der Waals surface area contributed by atoms with Gasteiger partial charge in [0.1, 0.15) is 5.03 Å². The highest BCUT2D eigenvalue weighted by molar-refractivity contribution is 7.80. The molecule has 2 aromatic rings. The third-order valence-corrected chi connectivity index (χ3v) is 1.44. The van der Waals surface area contributed by atoms with E-state index in [9.17, 15) is 0 Å². The zero-order valence-electron chi connectivity index (χ0n) is 5.10. The van der Waals surface area contributed by atoms with Crippen LogP contribution in [-0.4, -0.2) is 14.4 Å². The molecule has 0 unspecified atom stereocenters. The zero-order valence-corrected chi connectivity index (χ0v) is 5.99. The van der Waals surface area contributed by atoms with Crippen molar-refractivity contribution in [3.05, 3.63) is 24.7 Å². The van der Waals surface area contributed by atoms with Gasteiger partial charge in [-0.05, 0) is 6.07 Å². The van der Waals surface area contributed by atoms with Crippen molar-refractivity contribution in [2.45, 2.75) is 5.03 Å². The first kappa shape index (κ1) is 5.73. The lowest BCUT2D eigenvalue weighted by atomic mass is 10.7. The standard InChI is InChI=1S/C6H5N3S/c10-5-4-9-3-1-2-7-6(9)8-5/h1-4,10H. The Balaban J connectivity index is 2.88. The van der Waals surface area contributed by atoms with Crippen LogP contribution in [0.5, 0.6) is 0 Å². The highest BCUT2D eigenvalue weighted by Gasteiger charge is 1.94. The van der Waals surface area contributed by atoms with Gasteiger partial charge in [0.05, 0.1) is 0 Å². The number of rotatable bonds is 0. The lowest BCUT2D eigenvalue weighted by Gasteiger charge is -1.85. The molecule has 0 aromatic carbocycles. The van der Waals surface area contributed by atoms with Gasteiger partial charge in [0, 0.05) is 18.6 Å². The second-order valence-corrected chi connectivity index (χ2v) is 2.38. The highest BCUT2D eigenvalue weighted by atomic mass is 32.1. The number of imidazole rings is 1. The number of hydrogen-bond donors (Lipinski definition) is 1. The lowest BCUT2D eigenvalue weighted by Crippen LogP contribution is -1.82. The van der Waals surface area contributed by atoms with Crippen molar-refractivity contribution in [1.29, 1.82) is 0 Å². The van der Waals surface area contributed by atoms with Crippen molar-refractivity contribution in [1.82, 2.24) is 14.4 Å². The monoisotopic (exact) mass is 151 g/mol. The van der Waals surface area contributed by atoms with E-state index in [4.69, 9.17) is 0 Å². The second kappa shape index (κ2) is 1.98. The lowest BCUT2D eigenvalue weighted by molar-refractivity contribution is 1.11. The van der Waals surface area contributed by atoms with Crippen molar-refractivity contribution < 1.29 is 0 Å². The highest BCUT2D eigenvalue weighted by Crippen LogP contribution is 2.03. The molecule has 50 valence electrons. The molecule has 3 nitrogen and oxygen atoms in total.